The standard InChI is InChI=1S/C28H30Cl2N2O2/c1-3-5-7-17-31-25(19-9-13-21(29)14-10-19)23-24(27(31)33)26(20-11-15-22(30)16-12-20)32(28(23)34)18-8-6-4-2/h9-16H,3-8,17-18H2,1-2H3. The molecule has 0 spiro atoms. The van der Waals surface area contributed by atoms with E-state index in [1.165, 1.54) is 0 Å². The minimum absolute atomic E-state index is 0.104. The average Bonchev–Trinajstić information content (AvgIpc) is 3.27. The van der Waals surface area contributed by atoms with Gasteiger partial charge in [-0.05, 0) is 48.2 Å². The maximum atomic E-state index is 13.9. The average molecular weight is 497 g/mol. The molecule has 2 amide bonds. The summed E-state index contributed by atoms with van der Waals surface area (Å²) < 4.78 is 0. The molecule has 0 radical (unpaired) electrons. The first-order valence-corrected chi connectivity index (χ1v) is 12.9. The van der Waals surface area contributed by atoms with Crippen LogP contribution in [-0.4, -0.2) is 34.7 Å². The van der Waals surface area contributed by atoms with E-state index in [-0.39, 0.29) is 11.8 Å². The van der Waals surface area contributed by atoms with Gasteiger partial charge >= 0.3 is 0 Å². The fourth-order valence-electron chi connectivity index (χ4n) is 4.68. The molecule has 6 heteroatoms. The lowest BCUT2D eigenvalue weighted by Crippen LogP contribution is -2.31. The zero-order valence-electron chi connectivity index (χ0n) is 19.7. The van der Waals surface area contributed by atoms with Gasteiger partial charge in [0.15, 0.2) is 0 Å². The molecule has 0 atom stereocenters. The minimum atomic E-state index is -0.104. The SMILES string of the molecule is CCCCCN1C(=O)C2=C(c3ccc(Cl)cc3)N(CCCCC)C(=O)C2=C1c1ccc(Cl)cc1. The first-order valence-electron chi connectivity index (χ1n) is 12.1. The van der Waals surface area contributed by atoms with E-state index in [4.69, 9.17) is 23.2 Å². The summed E-state index contributed by atoms with van der Waals surface area (Å²) in [6, 6.07) is 14.8. The van der Waals surface area contributed by atoms with Crippen LogP contribution in [0.15, 0.2) is 59.7 Å². The highest BCUT2D eigenvalue weighted by Gasteiger charge is 2.48. The third-order valence-corrected chi connectivity index (χ3v) is 6.89. The Morgan fingerprint density at radius 2 is 0.941 bits per heavy atom. The molecule has 2 aliphatic heterocycles. The van der Waals surface area contributed by atoms with Gasteiger partial charge in [0.1, 0.15) is 0 Å². The Labute approximate surface area is 211 Å². The summed E-state index contributed by atoms with van der Waals surface area (Å²) in [6.45, 7) is 5.43. The van der Waals surface area contributed by atoms with Crippen molar-refractivity contribution in [2.24, 2.45) is 0 Å². The molecule has 0 unspecified atom stereocenters. The Balaban J connectivity index is 1.89. The lowest BCUT2D eigenvalue weighted by atomic mass is 10.0. The predicted octanol–water partition coefficient (Wildman–Crippen LogP) is 7.18. The fraction of sp³-hybridized carbons (Fsp3) is 0.357. The van der Waals surface area contributed by atoms with Crippen LogP contribution in [0.1, 0.15) is 63.5 Å². The Morgan fingerprint density at radius 1 is 0.588 bits per heavy atom. The van der Waals surface area contributed by atoms with Crippen LogP contribution in [-0.2, 0) is 9.59 Å². The first-order chi connectivity index (χ1) is 16.5. The van der Waals surface area contributed by atoms with Crippen molar-refractivity contribution in [3.05, 3.63) is 80.8 Å². The molecule has 4 rings (SSSR count). The van der Waals surface area contributed by atoms with Crippen LogP contribution in [0.3, 0.4) is 0 Å². The van der Waals surface area contributed by atoms with Gasteiger partial charge in [-0.15, -0.1) is 0 Å². The summed E-state index contributed by atoms with van der Waals surface area (Å²) in [5, 5.41) is 1.24. The van der Waals surface area contributed by atoms with E-state index in [1.54, 1.807) is 34.1 Å². The number of amides is 2. The van der Waals surface area contributed by atoms with Crippen molar-refractivity contribution in [3.8, 4) is 0 Å². The first kappa shape index (κ1) is 24.6. The van der Waals surface area contributed by atoms with Crippen molar-refractivity contribution in [2.75, 3.05) is 13.1 Å². The molecular formula is C28H30Cl2N2O2. The minimum Gasteiger partial charge on any atom is -0.307 e. The third kappa shape index (κ3) is 4.67. The molecule has 0 bridgehead atoms. The van der Waals surface area contributed by atoms with Crippen LogP contribution in [0.4, 0.5) is 0 Å². The van der Waals surface area contributed by atoms with E-state index in [0.29, 0.717) is 45.7 Å². The molecule has 34 heavy (non-hydrogen) atoms. The zero-order chi connectivity index (χ0) is 24.2. The molecule has 0 fully saturated rings. The van der Waals surface area contributed by atoms with Gasteiger partial charge in [0.05, 0.1) is 22.5 Å². The summed E-state index contributed by atoms with van der Waals surface area (Å²) in [7, 11) is 0. The van der Waals surface area contributed by atoms with Crippen LogP contribution in [0.5, 0.6) is 0 Å². The summed E-state index contributed by atoms with van der Waals surface area (Å²) in [5.74, 6) is -0.209. The molecule has 2 aliphatic rings. The van der Waals surface area contributed by atoms with Crippen molar-refractivity contribution in [2.45, 2.75) is 52.4 Å². The van der Waals surface area contributed by atoms with Crippen molar-refractivity contribution >= 4 is 46.4 Å². The summed E-state index contributed by atoms with van der Waals surface area (Å²) in [6.07, 6.45) is 5.91. The molecule has 0 N–H and O–H groups in total. The number of unbranched alkanes of at least 4 members (excludes halogenated alkanes) is 4. The molecule has 0 aliphatic carbocycles. The van der Waals surface area contributed by atoms with Crippen molar-refractivity contribution < 1.29 is 9.59 Å². The Kier molecular flexibility index (Phi) is 7.80. The number of carbonyl (C=O) groups is 2. The normalized spacial score (nSPS) is 15.8. The van der Waals surface area contributed by atoms with Crippen LogP contribution in [0.2, 0.25) is 10.0 Å². The predicted molar refractivity (Wildman–Crippen MR) is 139 cm³/mol. The summed E-state index contributed by atoms with van der Waals surface area (Å²) in [5.41, 5.74) is 4.07. The van der Waals surface area contributed by atoms with E-state index in [0.717, 1.165) is 49.7 Å². The van der Waals surface area contributed by atoms with Gasteiger partial charge in [-0.3, -0.25) is 9.59 Å². The molecule has 0 saturated carbocycles. The fourth-order valence-corrected chi connectivity index (χ4v) is 4.93. The van der Waals surface area contributed by atoms with Gasteiger partial charge in [0.25, 0.3) is 11.8 Å². The maximum absolute atomic E-state index is 13.9. The summed E-state index contributed by atoms with van der Waals surface area (Å²) in [4.78, 5) is 31.4. The van der Waals surface area contributed by atoms with Crippen molar-refractivity contribution in [1.29, 1.82) is 0 Å². The molecule has 2 aromatic rings. The van der Waals surface area contributed by atoms with Gasteiger partial charge in [-0.1, -0.05) is 87.0 Å². The monoisotopic (exact) mass is 496 g/mol. The highest BCUT2D eigenvalue weighted by atomic mass is 35.5. The number of carbonyl (C=O) groups excluding carboxylic acids is 2. The van der Waals surface area contributed by atoms with Crippen LogP contribution in [0, 0.1) is 0 Å². The van der Waals surface area contributed by atoms with Gasteiger partial charge in [-0.2, -0.15) is 0 Å². The van der Waals surface area contributed by atoms with E-state index in [2.05, 4.69) is 13.8 Å². The molecular weight excluding hydrogens is 467 g/mol. The number of benzene rings is 2. The topological polar surface area (TPSA) is 40.6 Å². The number of fused-ring (bicyclic) bond motifs is 1. The van der Waals surface area contributed by atoms with Crippen molar-refractivity contribution in [1.82, 2.24) is 9.80 Å². The van der Waals surface area contributed by atoms with E-state index in [1.807, 2.05) is 24.3 Å². The second-order valence-electron chi connectivity index (χ2n) is 8.79. The van der Waals surface area contributed by atoms with Gasteiger partial charge in [0, 0.05) is 23.1 Å². The molecule has 4 nitrogen and oxygen atoms in total. The van der Waals surface area contributed by atoms with Crippen LogP contribution >= 0.6 is 23.2 Å². The second kappa shape index (κ2) is 10.8. The van der Waals surface area contributed by atoms with Crippen LogP contribution in [0.25, 0.3) is 11.4 Å². The molecule has 2 heterocycles. The van der Waals surface area contributed by atoms with Crippen LogP contribution < -0.4 is 0 Å². The Morgan fingerprint density at radius 3 is 1.26 bits per heavy atom. The number of nitrogens with zero attached hydrogens (tertiary/aromatic N) is 2. The molecule has 2 aromatic carbocycles. The Bertz CT molecular complexity index is 1040. The van der Waals surface area contributed by atoms with Gasteiger partial charge in [-0.25, -0.2) is 0 Å². The summed E-state index contributed by atoms with van der Waals surface area (Å²) >= 11 is 12.3. The molecule has 0 aromatic heterocycles. The van der Waals surface area contributed by atoms with E-state index >= 15 is 0 Å². The second-order valence-corrected chi connectivity index (χ2v) is 9.66. The van der Waals surface area contributed by atoms with Crippen molar-refractivity contribution in [3.63, 3.8) is 0 Å². The molecule has 178 valence electrons. The highest BCUT2D eigenvalue weighted by molar-refractivity contribution is 6.32. The van der Waals surface area contributed by atoms with Gasteiger partial charge < -0.3 is 9.80 Å². The van der Waals surface area contributed by atoms with Gasteiger partial charge in [0.2, 0.25) is 0 Å². The quantitative estimate of drug-likeness (QED) is 0.326. The third-order valence-electron chi connectivity index (χ3n) is 6.39. The highest BCUT2D eigenvalue weighted by Crippen LogP contribution is 2.46. The largest absolute Gasteiger partial charge is 0.307 e. The Hall–Kier alpha value is -2.56. The van der Waals surface area contributed by atoms with E-state index in [9.17, 15) is 9.59 Å². The number of hydrogen-bond acceptors (Lipinski definition) is 2. The maximum Gasteiger partial charge on any atom is 0.261 e. The smallest absolute Gasteiger partial charge is 0.261 e. The number of rotatable bonds is 10. The lowest BCUT2D eigenvalue weighted by Gasteiger charge is -2.25. The lowest BCUT2D eigenvalue weighted by molar-refractivity contribution is -0.124. The zero-order valence-corrected chi connectivity index (χ0v) is 21.3. The molecule has 0 saturated heterocycles. The number of halogens is 2. The van der Waals surface area contributed by atoms with E-state index < -0.39 is 0 Å². The number of hydrogen-bond donors (Lipinski definition) is 0.